The summed E-state index contributed by atoms with van der Waals surface area (Å²) in [5.74, 6) is -0.132. The number of methoxy groups -OCH3 is 1. The summed E-state index contributed by atoms with van der Waals surface area (Å²) in [6, 6.07) is 4.33. The molecule has 2 rings (SSSR count). The molecule has 106 valence electrons. The molecule has 0 saturated heterocycles. The third-order valence-corrected chi connectivity index (χ3v) is 3.11. The van der Waals surface area contributed by atoms with Gasteiger partial charge in [0.2, 0.25) is 5.78 Å². The number of aryl methyl sites for hydroxylation is 1. The maximum absolute atomic E-state index is 13.3. The highest BCUT2D eigenvalue weighted by Crippen LogP contribution is 2.24. The van der Waals surface area contributed by atoms with Crippen LogP contribution in [0.1, 0.15) is 41.5 Å². The molecule has 0 spiro atoms. The highest BCUT2D eigenvalue weighted by molar-refractivity contribution is 6.09. The lowest BCUT2D eigenvalue weighted by Crippen LogP contribution is -2.14. The zero-order chi connectivity index (χ0) is 14.9. The van der Waals surface area contributed by atoms with Crippen LogP contribution < -0.4 is 4.74 Å². The van der Waals surface area contributed by atoms with Crippen LogP contribution in [0.5, 0.6) is 5.75 Å². The molecular formula is C15H17FN2O2. The Hall–Kier alpha value is -2.17. The molecule has 0 aliphatic heterocycles. The first-order chi connectivity index (χ1) is 9.45. The summed E-state index contributed by atoms with van der Waals surface area (Å²) in [5, 5.41) is 4.17. The Labute approximate surface area is 117 Å². The van der Waals surface area contributed by atoms with Gasteiger partial charge in [0.1, 0.15) is 5.82 Å². The predicted molar refractivity (Wildman–Crippen MR) is 73.7 cm³/mol. The highest BCUT2D eigenvalue weighted by atomic mass is 19.1. The first-order valence-electron chi connectivity index (χ1n) is 6.38. The maximum Gasteiger partial charge on any atom is 0.214 e. The maximum atomic E-state index is 13.3. The van der Waals surface area contributed by atoms with Crippen molar-refractivity contribution in [2.45, 2.75) is 26.8 Å². The lowest BCUT2D eigenvalue weighted by Gasteiger charge is -2.11. The van der Waals surface area contributed by atoms with Gasteiger partial charge in [-0.3, -0.25) is 9.48 Å². The van der Waals surface area contributed by atoms with Crippen LogP contribution in [-0.2, 0) is 0 Å². The number of hydrogen-bond acceptors (Lipinski definition) is 3. The van der Waals surface area contributed by atoms with Gasteiger partial charge in [-0.1, -0.05) is 0 Å². The van der Waals surface area contributed by atoms with Crippen molar-refractivity contribution in [3.8, 4) is 5.75 Å². The number of carbonyl (C=O) groups excluding carboxylic acids is 1. The Morgan fingerprint density at radius 1 is 1.40 bits per heavy atom. The Balaban J connectivity index is 2.52. The molecule has 1 aromatic carbocycles. The van der Waals surface area contributed by atoms with E-state index in [1.54, 1.807) is 11.6 Å². The first kappa shape index (κ1) is 14.2. The SMILES string of the molecule is COc1cnn(C(C)C)c1C(=O)c1ccc(F)c(C)c1. The van der Waals surface area contributed by atoms with E-state index in [1.807, 2.05) is 13.8 Å². The summed E-state index contributed by atoms with van der Waals surface area (Å²) in [4.78, 5) is 12.6. The predicted octanol–water partition coefficient (Wildman–Crippen LogP) is 3.15. The van der Waals surface area contributed by atoms with E-state index in [4.69, 9.17) is 4.74 Å². The minimum absolute atomic E-state index is 0.0272. The van der Waals surface area contributed by atoms with E-state index in [2.05, 4.69) is 5.10 Å². The lowest BCUT2D eigenvalue weighted by atomic mass is 10.0. The van der Waals surface area contributed by atoms with Crippen molar-refractivity contribution in [3.05, 3.63) is 47.0 Å². The van der Waals surface area contributed by atoms with Crippen LogP contribution in [0, 0.1) is 12.7 Å². The molecule has 0 saturated carbocycles. The second-order valence-electron chi connectivity index (χ2n) is 4.89. The first-order valence-corrected chi connectivity index (χ1v) is 6.38. The molecule has 1 aromatic heterocycles. The van der Waals surface area contributed by atoms with Gasteiger partial charge in [0.25, 0.3) is 0 Å². The second-order valence-corrected chi connectivity index (χ2v) is 4.89. The average Bonchev–Trinajstić information content (AvgIpc) is 2.85. The van der Waals surface area contributed by atoms with Crippen molar-refractivity contribution < 1.29 is 13.9 Å². The van der Waals surface area contributed by atoms with Gasteiger partial charge in [0.05, 0.1) is 13.3 Å². The topological polar surface area (TPSA) is 44.1 Å². The Morgan fingerprint density at radius 3 is 2.65 bits per heavy atom. The summed E-state index contributed by atoms with van der Waals surface area (Å²) < 4.78 is 20.1. The van der Waals surface area contributed by atoms with Crippen molar-refractivity contribution in [1.82, 2.24) is 9.78 Å². The number of nitrogens with zero attached hydrogens (tertiary/aromatic N) is 2. The number of rotatable bonds is 4. The molecule has 0 amide bonds. The zero-order valence-electron chi connectivity index (χ0n) is 12.0. The number of hydrogen-bond donors (Lipinski definition) is 0. The third-order valence-electron chi connectivity index (χ3n) is 3.11. The molecule has 0 atom stereocenters. The molecule has 2 aromatic rings. The molecular weight excluding hydrogens is 259 g/mol. The largest absolute Gasteiger partial charge is 0.493 e. The van der Waals surface area contributed by atoms with Crippen LogP contribution >= 0.6 is 0 Å². The van der Waals surface area contributed by atoms with Gasteiger partial charge in [0, 0.05) is 11.6 Å². The van der Waals surface area contributed by atoms with E-state index in [9.17, 15) is 9.18 Å². The van der Waals surface area contributed by atoms with Crippen LogP contribution in [0.4, 0.5) is 4.39 Å². The number of carbonyl (C=O) groups is 1. The van der Waals surface area contributed by atoms with Gasteiger partial charge in [-0.25, -0.2) is 4.39 Å². The van der Waals surface area contributed by atoms with Crippen molar-refractivity contribution in [2.24, 2.45) is 0 Å². The molecule has 0 fully saturated rings. The molecule has 5 heteroatoms. The van der Waals surface area contributed by atoms with Crippen LogP contribution in [0.15, 0.2) is 24.4 Å². The third kappa shape index (κ3) is 2.43. The Morgan fingerprint density at radius 2 is 2.10 bits per heavy atom. The normalized spacial score (nSPS) is 10.9. The van der Waals surface area contributed by atoms with Crippen LogP contribution in [0.25, 0.3) is 0 Å². The van der Waals surface area contributed by atoms with E-state index >= 15 is 0 Å². The molecule has 20 heavy (non-hydrogen) atoms. The number of halogens is 1. The second kappa shape index (κ2) is 5.45. The van der Waals surface area contributed by atoms with Crippen LogP contribution in [0.3, 0.4) is 0 Å². The van der Waals surface area contributed by atoms with Gasteiger partial charge in [-0.15, -0.1) is 0 Å². The van der Waals surface area contributed by atoms with E-state index < -0.39 is 0 Å². The lowest BCUT2D eigenvalue weighted by molar-refractivity contribution is 0.102. The molecule has 0 unspecified atom stereocenters. The van der Waals surface area contributed by atoms with Gasteiger partial charge in [-0.05, 0) is 44.5 Å². The van der Waals surface area contributed by atoms with Crippen molar-refractivity contribution in [2.75, 3.05) is 7.11 Å². The molecule has 0 aliphatic carbocycles. The van der Waals surface area contributed by atoms with Gasteiger partial charge in [-0.2, -0.15) is 5.10 Å². The molecule has 0 N–H and O–H groups in total. The molecule has 0 aliphatic rings. The standard InChI is InChI=1S/C15H17FN2O2/c1-9(2)18-14(13(20-4)8-17-18)15(19)11-5-6-12(16)10(3)7-11/h5-9H,1-4H3. The monoisotopic (exact) mass is 276 g/mol. The van der Waals surface area contributed by atoms with Crippen LogP contribution in [0.2, 0.25) is 0 Å². The minimum atomic E-state index is -0.328. The number of ketones is 1. The number of ether oxygens (including phenoxy) is 1. The smallest absolute Gasteiger partial charge is 0.214 e. The molecule has 4 nitrogen and oxygen atoms in total. The fraction of sp³-hybridized carbons (Fsp3) is 0.333. The van der Waals surface area contributed by atoms with E-state index in [1.165, 1.54) is 31.5 Å². The molecule has 0 radical (unpaired) electrons. The van der Waals surface area contributed by atoms with Gasteiger partial charge < -0.3 is 4.74 Å². The van der Waals surface area contributed by atoms with Crippen molar-refractivity contribution in [3.63, 3.8) is 0 Å². The van der Waals surface area contributed by atoms with Gasteiger partial charge in [0.15, 0.2) is 11.4 Å². The fourth-order valence-electron chi connectivity index (χ4n) is 2.03. The van der Waals surface area contributed by atoms with E-state index in [0.717, 1.165) is 0 Å². The molecule has 0 bridgehead atoms. The average molecular weight is 276 g/mol. The van der Waals surface area contributed by atoms with E-state index in [-0.39, 0.29) is 17.6 Å². The summed E-state index contributed by atoms with van der Waals surface area (Å²) in [7, 11) is 1.49. The highest BCUT2D eigenvalue weighted by Gasteiger charge is 2.22. The summed E-state index contributed by atoms with van der Waals surface area (Å²) >= 11 is 0. The zero-order valence-corrected chi connectivity index (χ0v) is 12.0. The number of aromatic nitrogens is 2. The van der Waals surface area contributed by atoms with Crippen molar-refractivity contribution >= 4 is 5.78 Å². The van der Waals surface area contributed by atoms with Crippen molar-refractivity contribution in [1.29, 1.82) is 0 Å². The Kier molecular flexibility index (Phi) is 3.88. The summed E-state index contributed by atoms with van der Waals surface area (Å²) in [6.45, 7) is 5.49. The summed E-state index contributed by atoms with van der Waals surface area (Å²) in [6.07, 6.45) is 1.52. The van der Waals surface area contributed by atoms with Gasteiger partial charge >= 0.3 is 0 Å². The molecule has 1 heterocycles. The minimum Gasteiger partial charge on any atom is -0.493 e. The van der Waals surface area contributed by atoms with E-state index in [0.29, 0.717) is 22.6 Å². The number of benzene rings is 1. The fourth-order valence-corrected chi connectivity index (χ4v) is 2.03. The quantitative estimate of drug-likeness (QED) is 0.806. The Bertz CT molecular complexity index is 647. The summed E-state index contributed by atoms with van der Waals surface area (Å²) in [5.41, 5.74) is 1.24. The van der Waals surface area contributed by atoms with Crippen LogP contribution in [-0.4, -0.2) is 22.7 Å².